The molecule has 120 valence electrons. The molecule has 24 heavy (non-hydrogen) atoms. The van der Waals surface area contributed by atoms with Gasteiger partial charge in [-0.2, -0.15) is 0 Å². The molecule has 0 fully saturated rings. The molecule has 0 saturated heterocycles. The molecule has 0 saturated carbocycles. The molecule has 0 radical (unpaired) electrons. The van der Waals surface area contributed by atoms with E-state index in [-0.39, 0.29) is 0 Å². The highest BCUT2D eigenvalue weighted by molar-refractivity contribution is 5.89. The third kappa shape index (κ3) is 4.02. The molecule has 0 atom stereocenters. The van der Waals surface area contributed by atoms with Crippen LogP contribution in [-0.2, 0) is 13.0 Å². The Hall–Kier alpha value is -3.07. The van der Waals surface area contributed by atoms with E-state index in [4.69, 9.17) is 4.74 Å². The summed E-state index contributed by atoms with van der Waals surface area (Å²) in [5.74, 6) is -0.245. The summed E-state index contributed by atoms with van der Waals surface area (Å²) in [5, 5.41) is 9.40. The number of hydrogen-bond acceptors (Lipinski definition) is 2. The van der Waals surface area contributed by atoms with Gasteiger partial charge in [-0.3, -0.25) is 0 Å². The van der Waals surface area contributed by atoms with E-state index in [1.165, 1.54) is 0 Å². The maximum atomic E-state index is 11.5. The quantitative estimate of drug-likeness (QED) is 0.725. The fourth-order valence-electron chi connectivity index (χ4n) is 2.57. The van der Waals surface area contributed by atoms with Gasteiger partial charge in [-0.25, -0.2) is 4.79 Å². The third-order valence-electron chi connectivity index (χ3n) is 3.79. The summed E-state index contributed by atoms with van der Waals surface area (Å²) in [6, 6.07) is 24.8. The van der Waals surface area contributed by atoms with Gasteiger partial charge in [-0.1, -0.05) is 60.7 Å². The number of aromatic carboxylic acids is 1. The number of carboxylic acid groups (broad SMARTS) is 1. The second-order valence-electron chi connectivity index (χ2n) is 5.56. The molecule has 1 N–H and O–H groups in total. The van der Waals surface area contributed by atoms with Crippen LogP contribution in [0.1, 0.15) is 27.0 Å². The zero-order chi connectivity index (χ0) is 16.8. The largest absolute Gasteiger partial charge is 0.489 e. The summed E-state index contributed by atoms with van der Waals surface area (Å²) < 4.78 is 5.81. The second-order valence-corrected chi connectivity index (χ2v) is 5.56. The lowest BCUT2D eigenvalue weighted by Crippen LogP contribution is -2.04. The van der Waals surface area contributed by atoms with Crippen molar-refractivity contribution in [3.05, 3.63) is 101 Å². The van der Waals surface area contributed by atoms with E-state index in [9.17, 15) is 9.90 Å². The topological polar surface area (TPSA) is 46.5 Å². The highest BCUT2D eigenvalue weighted by atomic mass is 16.5. The molecule has 3 aromatic carbocycles. The molecule has 0 aliphatic carbocycles. The number of hydrogen-bond donors (Lipinski definition) is 1. The van der Waals surface area contributed by atoms with Crippen LogP contribution in [0.2, 0.25) is 0 Å². The van der Waals surface area contributed by atoms with Crippen molar-refractivity contribution in [3.8, 4) is 5.75 Å². The Morgan fingerprint density at radius 2 is 1.46 bits per heavy atom. The summed E-state index contributed by atoms with van der Waals surface area (Å²) in [4.78, 5) is 11.5. The van der Waals surface area contributed by atoms with E-state index in [1.807, 2.05) is 66.7 Å². The standard InChI is InChI=1S/C21H18O3/c22-21(23)20-12-11-19(24-15-17-9-5-2-6-10-17)14-18(20)13-16-7-3-1-4-8-16/h1-12,14H,13,15H2,(H,22,23). The normalized spacial score (nSPS) is 10.3. The summed E-state index contributed by atoms with van der Waals surface area (Å²) >= 11 is 0. The number of carbonyl (C=O) groups is 1. The highest BCUT2D eigenvalue weighted by Gasteiger charge is 2.12. The number of rotatable bonds is 6. The van der Waals surface area contributed by atoms with Gasteiger partial charge in [0.1, 0.15) is 12.4 Å². The molecule has 3 heteroatoms. The lowest BCUT2D eigenvalue weighted by molar-refractivity contribution is 0.0696. The summed E-state index contributed by atoms with van der Waals surface area (Å²) in [7, 11) is 0. The minimum atomic E-state index is -0.921. The first-order valence-corrected chi connectivity index (χ1v) is 7.79. The van der Waals surface area contributed by atoms with Gasteiger partial charge in [0.05, 0.1) is 5.56 Å². The van der Waals surface area contributed by atoms with E-state index in [2.05, 4.69) is 0 Å². The molecule has 0 aliphatic heterocycles. The molecule has 0 bridgehead atoms. The molecule has 0 aliphatic rings. The third-order valence-corrected chi connectivity index (χ3v) is 3.79. The predicted octanol–water partition coefficient (Wildman–Crippen LogP) is 4.55. The van der Waals surface area contributed by atoms with Crippen molar-refractivity contribution in [2.75, 3.05) is 0 Å². The first-order chi connectivity index (χ1) is 11.7. The van der Waals surface area contributed by atoms with Gasteiger partial charge in [0.15, 0.2) is 0 Å². The fraction of sp³-hybridized carbons (Fsp3) is 0.0952. The van der Waals surface area contributed by atoms with Crippen molar-refractivity contribution >= 4 is 5.97 Å². The zero-order valence-electron chi connectivity index (χ0n) is 13.2. The first-order valence-electron chi connectivity index (χ1n) is 7.79. The second kappa shape index (κ2) is 7.47. The minimum absolute atomic E-state index is 0.311. The van der Waals surface area contributed by atoms with Crippen LogP contribution < -0.4 is 4.74 Å². The van der Waals surface area contributed by atoms with E-state index in [0.717, 1.165) is 16.7 Å². The zero-order valence-corrected chi connectivity index (χ0v) is 13.2. The molecular weight excluding hydrogens is 300 g/mol. The van der Waals surface area contributed by atoms with E-state index < -0.39 is 5.97 Å². The van der Waals surface area contributed by atoms with E-state index in [1.54, 1.807) is 12.1 Å². The van der Waals surface area contributed by atoms with Crippen LogP contribution in [0.5, 0.6) is 5.75 Å². The van der Waals surface area contributed by atoms with Crippen molar-refractivity contribution in [1.82, 2.24) is 0 Å². The first kappa shape index (κ1) is 15.8. The molecule has 3 nitrogen and oxygen atoms in total. The van der Waals surface area contributed by atoms with E-state index >= 15 is 0 Å². The molecule has 0 spiro atoms. The Labute approximate surface area is 141 Å². The monoisotopic (exact) mass is 318 g/mol. The lowest BCUT2D eigenvalue weighted by Gasteiger charge is -2.11. The minimum Gasteiger partial charge on any atom is -0.489 e. The van der Waals surface area contributed by atoms with Crippen LogP contribution >= 0.6 is 0 Å². The molecule has 0 aromatic heterocycles. The SMILES string of the molecule is O=C(O)c1ccc(OCc2ccccc2)cc1Cc1ccccc1. The number of carboxylic acids is 1. The molecule has 3 rings (SSSR count). The predicted molar refractivity (Wildman–Crippen MR) is 93.4 cm³/mol. The number of benzene rings is 3. The van der Waals surface area contributed by atoms with Crippen LogP contribution in [0.15, 0.2) is 78.9 Å². The van der Waals surface area contributed by atoms with Crippen molar-refractivity contribution in [2.45, 2.75) is 13.0 Å². The van der Waals surface area contributed by atoms with Crippen molar-refractivity contribution in [2.24, 2.45) is 0 Å². The fourth-order valence-corrected chi connectivity index (χ4v) is 2.57. The van der Waals surface area contributed by atoms with Crippen molar-refractivity contribution in [1.29, 1.82) is 0 Å². The number of ether oxygens (including phenoxy) is 1. The Kier molecular flexibility index (Phi) is 4.92. The van der Waals surface area contributed by atoms with Crippen LogP contribution in [0.25, 0.3) is 0 Å². The molecule has 3 aromatic rings. The summed E-state index contributed by atoms with van der Waals surface area (Å²) in [6.07, 6.45) is 0.561. The maximum absolute atomic E-state index is 11.5. The Morgan fingerprint density at radius 1 is 0.833 bits per heavy atom. The Bertz CT molecular complexity index is 811. The molecule has 0 amide bonds. The lowest BCUT2D eigenvalue weighted by atomic mass is 9.99. The molecule has 0 heterocycles. The summed E-state index contributed by atoms with van der Waals surface area (Å²) in [5.41, 5.74) is 3.20. The van der Waals surface area contributed by atoms with Gasteiger partial charge in [0.2, 0.25) is 0 Å². The van der Waals surface area contributed by atoms with Crippen LogP contribution in [0.4, 0.5) is 0 Å². The van der Waals surface area contributed by atoms with Crippen LogP contribution in [-0.4, -0.2) is 11.1 Å². The van der Waals surface area contributed by atoms with Gasteiger partial charge in [0.25, 0.3) is 0 Å². The van der Waals surface area contributed by atoms with Gasteiger partial charge in [-0.05, 0) is 41.3 Å². The smallest absolute Gasteiger partial charge is 0.335 e. The van der Waals surface area contributed by atoms with Gasteiger partial charge >= 0.3 is 5.97 Å². The van der Waals surface area contributed by atoms with Gasteiger partial charge in [0, 0.05) is 0 Å². The summed E-state index contributed by atoms with van der Waals surface area (Å²) in [6.45, 7) is 0.456. The average molecular weight is 318 g/mol. The van der Waals surface area contributed by atoms with Crippen molar-refractivity contribution < 1.29 is 14.6 Å². The van der Waals surface area contributed by atoms with Gasteiger partial charge < -0.3 is 9.84 Å². The Morgan fingerprint density at radius 3 is 2.08 bits per heavy atom. The van der Waals surface area contributed by atoms with E-state index in [0.29, 0.717) is 24.3 Å². The van der Waals surface area contributed by atoms with Gasteiger partial charge in [-0.15, -0.1) is 0 Å². The van der Waals surface area contributed by atoms with Crippen LogP contribution in [0, 0.1) is 0 Å². The highest BCUT2D eigenvalue weighted by Crippen LogP contribution is 2.22. The van der Waals surface area contributed by atoms with Crippen LogP contribution in [0.3, 0.4) is 0 Å². The average Bonchev–Trinajstić information content (AvgIpc) is 2.62. The molecule has 0 unspecified atom stereocenters. The maximum Gasteiger partial charge on any atom is 0.335 e. The molecular formula is C21H18O3. The van der Waals surface area contributed by atoms with Crippen molar-refractivity contribution in [3.63, 3.8) is 0 Å². The Balaban J connectivity index is 1.81.